The highest BCUT2D eigenvalue weighted by Crippen LogP contribution is 2.32. The maximum absolute atomic E-state index is 12.5. The summed E-state index contributed by atoms with van der Waals surface area (Å²) in [5, 5.41) is 6.99. The van der Waals surface area contributed by atoms with Gasteiger partial charge in [-0.2, -0.15) is 5.10 Å². The summed E-state index contributed by atoms with van der Waals surface area (Å²) in [5.41, 5.74) is 2.64. The van der Waals surface area contributed by atoms with Crippen LogP contribution in [0.15, 0.2) is 17.1 Å². The van der Waals surface area contributed by atoms with Crippen molar-refractivity contribution in [3.63, 3.8) is 0 Å². The normalized spacial score (nSPS) is 17.9. The van der Waals surface area contributed by atoms with Crippen molar-refractivity contribution >= 4 is 21.6 Å². The predicted octanol–water partition coefficient (Wildman–Crippen LogP) is 1.92. The highest BCUT2D eigenvalue weighted by Gasteiger charge is 2.24. The second-order valence-electron chi connectivity index (χ2n) is 6.76. The summed E-state index contributed by atoms with van der Waals surface area (Å²) in [6, 6.07) is 1.97. The monoisotopic (exact) mass is 389 g/mol. The lowest BCUT2D eigenvalue weighted by atomic mass is 10.2. The Labute approximate surface area is 160 Å². The first-order chi connectivity index (χ1) is 13.1. The first kappa shape index (κ1) is 18.3. The minimum absolute atomic E-state index is 0.0838. The van der Waals surface area contributed by atoms with Crippen molar-refractivity contribution in [1.29, 1.82) is 0 Å². The molecular weight excluding hydrogens is 366 g/mol. The number of aromatic amines is 2. The Kier molecular flexibility index (Phi) is 5.35. The number of thiophene rings is 1. The van der Waals surface area contributed by atoms with Crippen molar-refractivity contribution in [2.24, 2.45) is 0 Å². The largest absolute Gasteiger partial charge is 0.382 e. The molecule has 0 bridgehead atoms. The number of nitrogens with zero attached hydrogens (tertiary/aromatic N) is 3. The molecule has 1 unspecified atom stereocenters. The molecule has 3 aromatic rings. The topological polar surface area (TPSA) is 96.1 Å². The van der Waals surface area contributed by atoms with Crippen LogP contribution in [0.2, 0.25) is 0 Å². The van der Waals surface area contributed by atoms with Gasteiger partial charge in [0.1, 0.15) is 10.5 Å². The molecule has 1 atom stereocenters. The fourth-order valence-electron chi connectivity index (χ4n) is 3.38. The van der Waals surface area contributed by atoms with Crippen LogP contribution < -0.4 is 5.56 Å². The Morgan fingerprint density at radius 1 is 1.41 bits per heavy atom. The smallest absolute Gasteiger partial charge is 0.268 e. The lowest BCUT2D eigenvalue weighted by molar-refractivity contribution is 0.0218. The number of nitrogens with one attached hydrogen (secondary N) is 2. The van der Waals surface area contributed by atoms with Gasteiger partial charge in [-0.05, 0) is 19.4 Å². The second kappa shape index (κ2) is 7.89. The van der Waals surface area contributed by atoms with Gasteiger partial charge >= 0.3 is 0 Å². The zero-order valence-electron chi connectivity index (χ0n) is 15.4. The molecule has 0 aliphatic carbocycles. The van der Waals surface area contributed by atoms with Gasteiger partial charge < -0.3 is 14.5 Å². The van der Waals surface area contributed by atoms with Crippen molar-refractivity contribution in [2.45, 2.75) is 26.0 Å². The number of fused-ring (bicyclic) bond motifs is 1. The molecule has 8 nitrogen and oxygen atoms in total. The van der Waals surface area contributed by atoms with Crippen LogP contribution in [-0.4, -0.2) is 64.6 Å². The Morgan fingerprint density at radius 2 is 2.30 bits per heavy atom. The lowest BCUT2D eigenvalue weighted by Gasteiger charge is -2.15. The molecule has 1 aliphatic rings. The molecule has 1 fully saturated rings. The zero-order valence-corrected chi connectivity index (χ0v) is 16.3. The Hall–Kier alpha value is -2.07. The van der Waals surface area contributed by atoms with Crippen LogP contribution in [0.1, 0.15) is 17.9 Å². The molecule has 0 amide bonds. The van der Waals surface area contributed by atoms with Crippen LogP contribution in [0.3, 0.4) is 0 Å². The number of aromatic nitrogens is 4. The van der Waals surface area contributed by atoms with E-state index in [1.54, 1.807) is 13.3 Å². The summed E-state index contributed by atoms with van der Waals surface area (Å²) in [6.07, 6.45) is 2.98. The van der Waals surface area contributed by atoms with Gasteiger partial charge in [0.05, 0.1) is 37.6 Å². The highest BCUT2D eigenvalue weighted by atomic mass is 32.1. The molecule has 4 rings (SSSR count). The van der Waals surface area contributed by atoms with E-state index in [-0.39, 0.29) is 11.7 Å². The maximum atomic E-state index is 12.5. The van der Waals surface area contributed by atoms with E-state index in [9.17, 15) is 4.79 Å². The molecule has 0 radical (unpaired) electrons. The van der Waals surface area contributed by atoms with Crippen LogP contribution >= 0.6 is 11.3 Å². The summed E-state index contributed by atoms with van der Waals surface area (Å²) >= 11 is 1.45. The van der Waals surface area contributed by atoms with Crippen molar-refractivity contribution in [1.82, 2.24) is 25.1 Å². The minimum Gasteiger partial charge on any atom is -0.382 e. The average molecular weight is 389 g/mol. The van der Waals surface area contributed by atoms with Crippen LogP contribution in [0.5, 0.6) is 0 Å². The number of hydrogen-bond donors (Lipinski definition) is 2. The first-order valence-electron chi connectivity index (χ1n) is 9.00. The van der Waals surface area contributed by atoms with Crippen molar-refractivity contribution in [2.75, 3.05) is 33.4 Å². The number of aryl methyl sites for hydroxylation is 1. The molecule has 0 spiro atoms. The molecule has 0 saturated carbocycles. The number of H-pyrrole nitrogens is 2. The van der Waals surface area contributed by atoms with Gasteiger partial charge in [-0.25, -0.2) is 4.98 Å². The average Bonchev–Trinajstić information content (AvgIpc) is 3.35. The molecule has 1 saturated heterocycles. The van der Waals surface area contributed by atoms with Crippen LogP contribution in [0.4, 0.5) is 0 Å². The van der Waals surface area contributed by atoms with Gasteiger partial charge in [-0.3, -0.25) is 14.8 Å². The van der Waals surface area contributed by atoms with Crippen LogP contribution in [0.25, 0.3) is 20.7 Å². The number of rotatable bonds is 7. The number of methoxy groups -OCH3 is 1. The molecule has 144 valence electrons. The van der Waals surface area contributed by atoms with Crippen molar-refractivity contribution in [3.05, 3.63) is 34.1 Å². The van der Waals surface area contributed by atoms with Crippen LogP contribution in [0, 0.1) is 6.92 Å². The Morgan fingerprint density at radius 3 is 3.07 bits per heavy atom. The summed E-state index contributed by atoms with van der Waals surface area (Å²) in [7, 11) is 1.67. The van der Waals surface area contributed by atoms with Crippen molar-refractivity contribution in [3.8, 4) is 10.4 Å². The van der Waals surface area contributed by atoms with Gasteiger partial charge in [0, 0.05) is 36.3 Å². The van der Waals surface area contributed by atoms with E-state index in [2.05, 4.69) is 25.1 Å². The molecule has 2 N–H and O–H groups in total. The summed E-state index contributed by atoms with van der Waals surface area (Å²) < 4.78 is 11.5. The summed E-state index contributed by atoms with van der Waals surface area (Å²) in [6.45, 7) is 5.58. The zero-order chi connectivity index (χ0) is 18.8. The molecule has 4 heterocycles. The third-order valence-electron chi connectivity index (χ3n) is 4.77. The Balaban J connectivity index is 1.49. The molecule has 27 heavy (non-hydrogen) atoms. The van der Waals surface area contributed by atoms with Gasteiger partial charge in [-0.15, -0.1) is 11.3 Å². The van der Waals surface area contributed by atoms with E-state index in [0.29, 0.717) is 30.3 Å². The third-order valence-corrected chi connectivity index (χ3v) is 5.93. The van der Waals surface area contributed by atoms with E-state index < -0.39 is 0 Å². The number of hydrogen-bond acceptors (Lipinski definition) is 7. The van der Waals surface area contributed by atoms with E-state index in [1.165, 1.54) is 11.3 Å². The molecule has 9 heteroatoms. The van der Waals surface area contributed by atoms with Crippen molar-refractivity contribution < 1.29 is 9.47 Å². The minimum atomic E-state index is -0.0838. The third kappa shape index (κ3) is 3.96. The van der Waals surface area contributed by atoms with E-state index in [1.807, 2.05) is 13.0 Å². The fraction of sp³-hybridized carbons (Fsp3) is 0.500. The lowest BCUT2D eigenvalue weighted by Crippen LogP contribution is -2.26. The van der Waals surface area contributed by atoms with E-state index in [0.717, 1.165) is 41.2 Å². The maximum Gasteiger partial charge on any atom is 0.268 e. The van der Waals surface area contributed by atoms with Gasteiger partial charge in [0.2, 0.25) is 0 Å². The SMILES string of the molecule is COCCOC1CCN(Cc2nc3cc(-c4cn[nH]c4C)sc3c(=O)[nH]2)C1. The Bertz CT molecular complexity index is 979. The summed E-state index contributed by atoms with van der Waals surface area (Å²) in [5.74, 6) is 0.693. The highest BCUT2D eigenvalue weighted by molar-refractivity contribution is 7.22. The van der Waals surface area contributed by atoms with E-state index >= 15 is 0 Å². The molecule has 1 aliphatic heterocycles. The summed E-state index contributed by atoms with van der Waals surface area (Å²) in [4.78, 5) is 23.4. The van der Waals surface area contributed by atoms with Crippen LogP contribution in [-0.2, 0) is 16.0 Å². The molecular formula is C18H23N5O3S. The van der Waals surface area contributed by atoms with Gasteiger partial charge in [0.25, 0.3) is 5.56 Å². The second-order valence-corrected chi connectivity index (χ2v) is 7.81. The van der Waals surface area contributed by atoms with Gasteiger partial charge in [0.15, 0.2) is 0 Å². The van der Waals surface area contributed by atoms with Gasteiger partial charge in [-0.1, -0.05) is 0 Å². The predicted molar refractivity (Wildman–Crippen MR) is 104 cm³/mol. The quantitative estimate of drug-likeness (QED) is 0.600. The molecule has 3 aromatic heterocycles. The van der Waals surface area contributed by atoms with E-state index in [4.69, 9.17) is 9.47 Å². The fourth-order valence-corrected chi connectivity index (χ4v) is 4.44. The first-order valence-corrected chi connectivity index (χ1v) is 9.81. The molecule has 0 aromatic carbocycles. The number of likely N-dealkylation sites (tertiary alicyclic amines) is 1. The standard InChI is InChI=1S/C18H23N5O3S/c1-11-13(8-19-22-11)15-7-14-17(27-15)18(24)21-16(20-14)10-23-4-3-12(9-23)26-6-5-25-2/h7-8,12H,3-6,9-10H2,1-2H3,(H,19,22)(H,20,21,24). The number of ether oxygens (including phenoxy) is 2.